The first-order valence-corrected chi connectivity index (χ1v) is 13.2. The molecule has 4 atom stereocenters. The number of esters is 1. The summed E-state index contributed by atoms with van der Waals surface area (Å²) in [5.74, 6) is -3.42. The Morgan fingerprint density at radius 1 is 1.15 bits per heavy atom. The molecule has 4 rings (SSSR count). The second kappa shape index (κ2) is 12.6. The molecule has 0 saturated carbocycles. The second-order valence-corrected chi connectivity index (χ2v) is 10.3. The van der Waals surface area contributed by atoms with Gasteiger partial charge in [-0.05, 0) is 44.4 Å². The number of hydrogen-bond donors (Lipinski definition) is 2. The largest absolute Gasteiger partial charge is 0.482 e. The summed E-state index contributed by atoms with van der Waals surface area (Å²) in [5, 5.41) is 4.81. The number of likely N-dealkylation sites (tertiary alicyclic amines) is 1. The number of rotatable bonds is 8. The Morgan fingerprint density at radius 2 is 1.88 bits per heavy atom. The van der Waals surface area contributed by atoms with Crippen LogP contribution in [0.5, 0.6) is 5.75 Å². The van der Waals surface area contributed by atoms with Gasteiger partial charge in [0.2, 0.25) is 5.91 Å². The molecule has 0 aliphatic carbocycles. The lowest BCUT2D eigenvalue weighted by atomic mass is 10.0. The number of hydrogen-bond acceptors (Lipinski definition) is 7. The van der Waals surface area contributed by atoms with E-state index in [1.54, 1.807) is 29.2 Å². The van der Waals surface area contributed by atoms with Crippen molar-refractivity contribution in [2.75, 3.05) is 19.7 Å². The molecule has 0 bridgehead atoms. The number of alkyl halides is 3. The van der Waals surface area contributed by atoms with Crippen LogP contribution in [0.3, 0.4) is 0 Å². The first kappa shape index (κ1) is 29.8. The number of carbonyl (C=O) groups is 4. The quantitative estimate of drug-likeness (QED) is 0.463. The van der Waals surface area contributed by atoms with E-state index < -0.39 is 42.0 Å². The van der Waals surface area contributed by atoms with Crippen molar-refractivity contribution in [3.8, 4) is 5.75 Å². The van der Waals surface area contributed by atoms with Crippen LogP contribution in [-0.4, -0.2) is 71.5 Å². The van der Waals surface area contributed by atoms with Gasteiger partial charge in [0, 0.05) is 19.1 Å². The second-order valence-electron chi connectivity index (χ2n) is 10.3. The fourth-order valence-electron chi connectivity index (χ4n) is 4.79. The zero-order valence-electron chi connectivity index (χ0n) is 22.6. The molecule has 2 N–H and O–H groups in total. The summed E-state index contributed by atoms with van der Waals surface area (Å²) in [6, 6.07) is 8.47. The van der Waals surface area contributed by atoms with E-state index in [2.05, 4.69) is 10.3 Å². The Labute approximate surface area is 234 Å². The first-order chi connectivity index (χ1) is 19.4. The molecule has 220 valence electrons. The normalized spacial score (nSPS) is 20.5. The third-order valence-electron chi connectivity index (χ3n) is 6.98. The lowest BCUT2D eigenvalue weighted by Crippen LogP contribution is -2.51. The van der Waals surface area contributed by atoms with Crippen LogP contribution in [0.2, 0.25) is 0 Å². The summed E-state index contributed by atoms with van der Waals surface area (Å²) >= 11 is 0. The monoisotopic (exact) mass is 576 g/mol. The van der Waals surface area contributed by atoms with Crippen molar-refractivity contribution >= 4 is 23.7 Å². The number of carbonyl (C=O) groups excluding carboxylic acids is 4. The summed E-state index contributed by atoms with van der Waals surface area (Å²) in [4.78, 5) is 54.3. The Bertz CT molecular complexity index is 1270. The summed E-state index contributed by atoms with van der Waals surface area (Å²) in [6.45, 7) is 4.17. The van der Waals surface area contributed by atoms with Crippen LogP contribution in [0, 0.1) is 12.8 Å². The van der Waals surface area contributed by atoms with Crippen LogP contribution in [0.15, 0.2) is 42.6 Å². The predicted molar refractivity (Wildman–Crippen MR) is 139 cm³/mol. The number of aromatic nitrogens is 1. The lowest BCUT2D eigenvalue weighted by Gasteiger charge is -2.34. The van der Waals surface area contributed by atoms with Gasteiger partial charge in [0.1, 0.15) is 24.2 Å². The fraction of sp³-hybridized carbons (Fsp3) is 0.464. The molecular formula is C28H31F3N4O6. The minimum absolute atomic E-state index is 0.0585. The third kappa shape index (κ3) is 7.74. The average molecular weight is 577 g/mol. The number of halogens is 3. The number of nitrogens with zero attached hydrogens (tertiary/aromatic N) is 2. The molecule has 2 saturated heterocycles. The number of nitrogens with one attached hydrogen (secondary N) is 2. The van der Waals surface area contributed by atoms with E-state index >= 15 is 0 Å². The van der Waals surface area contributed by atoms with Crippen molar-refractivity contribution in [2.45, 2.75) is 57.5 Å². The summed E-state index contributed by atoms with van der Waals surface area (Å²) in [5.41, 5.74) is 1.56. The van der Waals surface area contributed by atoms with Gasteiger partial charge in [0.15, 0.2) is 0 Å². The molecule has 13 heteroatoms. The van der Waals surface area contributed by atoms with E-state index in [-0.39, 0.29) is 36.4 Å². The Hall–Kier alpha value is -4.16. The summed E-state index contributed by atoms with van der Waals surface area (Å²) < 4.78 is 49.4. The van der Waals surface area contributed by atoms with E-state index in [4.69, 9.17) is 9.47 Å². The van der Waals surface area contributed by atoms with Gasteiger partial charge >= 0.3 is 18.1 Å². The average Bonchev–Trinajstić information content (AvgIpc) is 3.38. The molecule has 1 aromatic carbocycles. The topological polar surface area (TPSA) is 127 Å². The van der Waals surface area contributed by atoms with Gasteiger partial charge in [-0.15, -0.1) is 0 Å². The third-order valence-corrected chi connectivity index (χ3v) is 6.98. The molecule has 2 unspecified atom stereocenters. The SMILES string of the molecule is Cc1ccc(C(Oc2ccc(C(=O)N[C@@H]3CCCN(C(=O)[C@H]4COC(=O)C4)C3)nc2)C(C)NC(=O)C(F)(F)F)cc1. The predicted octanol–water partition coefficient (Wildman–Crippen LogP) is 2.86. The Kier molecular flexibility index (Phi) is 9.14. The Balaban J connectivity index is 1.39. The molecule has 3 heterocycles. The lowest BCUT2D eigenvalue weighted by molar-refractivity contribution is -0.174. The highest BCUT2D eigenvalue weighted by Gasteiger charge is 2.40. The van der Waals surface area contributed by atoms with Crippen molar-refractivity contribution in [1.29, 1.82) is 0 Å². The minimum Gasteiger partial charge on any atom is -0.482 e. The number of amides is 3. The summed E-state index contributed by atoms with van der Waals surface area (Å²) in [6.07, 6.45) is -3.34. The van der Waals surface area contributed by atoms with Crippen molar-refractivity contribution in [2.24, 2.45) is 5.92 Å². The summed E-state index contributed by atoms with van der Waals surface area (Å²) in [7, 11) is 0. The number of aryl methyl sites for hydroxylation is 1. The van der Waals surface area contributed by atoms with Gasteiger partial charge in [-0.2, -0.15) is 13.2 Å². The van der Waals surface area contributed by atoms with E-state index in [0.29, 0.717) is 31.5 Å². The van der Waals surface area contributed by atoms with Gasteiger partial charge in [0.05, 0.1) is 24.6 Å². The van der Waals surface area contributed by atoms with Gasteiger partial charge in [-0.25, -0.2) is 4.98 Å². The van der Waals surface area contributed by atoms with Crippen molar-refractivity contribution in [1.82, 2.24) is 20.5 Å². The van der Waals surface area contributed by atoms with Crippen molar-refractivity contribution in [3.63, 3.8) is 0 Å². The molecule has 0 spiro atoms. The van der Waals surface area contributed by atoms with E-state index in [1.807, 2.05) is 12.2 Å². The molecular weight excluding hydrogens is 545 g/mol. The van der Waals surface area contributed by atoms with Crippen LogP contribution in [0.25, 0.3) is 0 Å². The van der Waals surface area contributed by atoms with Crippen LogP contribution in [0.4, 0.5) is 13.2 Å². The maximum atomic E-state index is 12.9. The maximum Gasteiger partial charge on any atom is 0.471 e. The number of piperidine rings is 1. The first-order valence-electron chi connectivity index (χ1n) is 13.2. The van der Waals surface area contributed by atoms with E-state index in [0.717, 1.165) is 5.56 Å². The zero-order chi connectivity index (χ0) is 29.7. The van der Waals surface area contributed by atoms with E-state index in [1.165, 1.54) is 25.3 Å². The van der Waals surface area contributed by atoms with Crippen LogP contribution < -0.4 is 15.4 Å². The highest BCUT2D eigenvalue weighted by Crippen LogP contribution is 2.27. The number of pyridine rings is 1. The molecule has 10 nitrogen and oxygen atoms in total. The highest BCUT2D eigenvalue weighted by atomic mass is 19.4. The molecule has 3 amide bonds. The number of cyclic esters (lactones) is 1. The standard InChI is InChI=1S/C28H31F3N4O6/c1-16-5-7-18(8-6-16)24(17(2)33-27(39)28(29,30)31)41-21-9-10-22(32-13-21)25(37)34-20-4-3-11-35(14-20)26(38)19-12-23(36)40-15-19/h5-10,13,17,19-20,24H,3-4,11-12,14-15H2,1-2H3,(H,33,39)(H,34,37)/t17?,19-,20-,24?/m1/s1. The van der Waals surface area contributed by atoms with Gasteiger partial charge in [-0.3, -0.25) is 19.2 Å². The van der Waals surface area contributed by atoms with Crippen molar-refractivity contribution in [3.05, 3.63) is 59.4 Å². The zero-order valence-corrected chi connectivity index (χ0v) is 22.6. The molecule has 2 aliphatic rings. The molecule has 2 fully saturated rings. The smallest absolute Gasteiger partial charge is 0.471 e. The Morgan fingerprint density at radius 3 is 2.49 bits per heavy atom. The molecule has 41 heavy (non-hydrogen) atoms. The molecule has 2 aliphatic heterocycles. The maximum absolute atomic E-state index is 12.9. The highest BCUT2D eigenvalue weighted by molar-refractivity contribution is 5.92. The number of ether oxygens (including phenoxy) is 2. The van der Waals surface area contributed by atoms with Gasteiger partial charge < -0.3 is 25.0 Å². The fourth-order valence-corrected chi connectivity index (χ4v) is 4.79. The van der Waals surface area contributed by atoms with E-state index in [9.17, 15) is 32.3 Å². The molecule has 1 aromatic heterocycles. The van der Waals surface area contributed by atoms with Gasteiger partial charge in [-0.1, -0.05) is 29.8 Å². The van der Waals surface area contributed by atoms with Crippen molar-refractivity contribution < 1.29 is 41.8 Å². The van der Waals surface area contributed by atoms with Crippen LogP contribution in [0.1, 0.15) is 53.9 Å². The van der Waals surface area contributed by atoms with Crippen LogP contribution >= 0.6 is 0 Å². The molecule has 2 aromatic rings. The number of benzene rings is 1. The van der Waals surface area contributed by atoms with Crippen LogP contribution in [-0.2, 0) is 19.1 Å². The minimum atomic E-state index is -5.05. The van der Waals surface area contributed by atoms with Gasteiger partial charge in [0.25, 0.3) is 5.91 Å². The molecule has 0 radical (unpaired) electrons.